The zero-order chi connectivity index (χ0) is 19.1. The van der Waals surface area contributed by atoms with Crippen LogP contribution in [-0.4, -0.2) is 17.1 Å². The monoisotopic (exact) mass is 419 g/mol. The number of carboxylic acids is 1. The summed E-state index contributed by atoms with van der Waals surface area (Å²) in [6, 6.07) is 13.4. The topological polar surface area (TPSA) is 58.6 Å². The first kappa shape index (κ1) is 20.5. The summed E-state index contributed by atoms with van der Waals surface area (Å²) >= 11 is 3.48. The smallest absolute Gasteiger partial charge is 0.320 e. The van der Waals surface area contributed by atoms with Gasteiger partial charge in [0, 0.05) is 16.6 Å². The van der Waals surface area contributed by atoms with Crippen LogP contribution in [0.2, 0.25) is 0 Å². The lowest BCUT2D eigenvalue weighted by atomic mass is 10.0. The number of hydrogen-bond donors (Lipinski definition) is 2. The predicted octanol–water partition coefficient (Wildman–Crippen LogP) is 4.93. The molecule has 1 unspecified atom stereocenters. The van der Waals surface area contributed by atoms with Gasteiger partial charge in [0.2, 0.25) is 0 Å². The molecule has 0 heterocycles. The van der Waals surface area contributed by atoms with E-state index in [-0.39, 0.29) is 0 Å². The summed E-state index contributed by atoms with van der Waals surface area (Å²) in [6.45, 7) is 7.02. The minimum atomic E-state index is -0.823. The third kappa shape index (κ3) is 6.15. The van der Waals surface area contributed by atoms with Crippen molar-refractivity contribution in [3.63, 3.8) is 0 Å². The van der Waals surface area contributed by atoms with Gasteiger partial charge in [-0.1, -0.05) is 54.0 Å². The predicted molar refractivity (Wildman–Crippen MR) is 107 cm³/mol. The highest BCUT2D eigenvalue weighted by Crippen LogP contribution is 2.25. The minimum Gasteiger partial charge on any atom is -0.489 e. The fourth-order valence-electron chi connectivity index (χ4n) is 2.73. The van der Waals surface area contributed by atoms with Crippen molar-refractivity contribution in [1.29, 1.82) is 0 Å². The van der Waals surface area contributed by atoms with Crippen molar-refractivity contribution in [3.8, 4) is 5.75 Å². The Bertz CT molecular complexity index is 746. The second-order valence-electron chi connectivity index (χ2n) is 6.87. The number of aliphatic carboxylic acids is 1. The summed E-state index contributed by atoms with van der Waals surface area (Å²) in [5.41, 5.74) is 3.26. The number of nitrogens with one attached hydrogen (secondary N) is 1. The van der Waals surface area contributed by atoms with Crippen molar-refractivity contribution >= 4 is 21.9 Å². The average Bonchev–Trinajstić information content (AvgIpc) is 2.58. The first-order chi connectivity index (χ1) is 12.4. The van der Waals surface area contributed by atoms with Crippen LogP contribution in [0.4, 0.5) is 0 Å². The van der Waals surface area contributed by atoms with Gasteiger partial charge in [0.05, 0.1) is 0 Å². The molecule has 0 aliphatic heterocycles. The molecule has 0 aliphatic carbocycles. The van der Waals surface area contributed by atoms with Gasteiger partial charge in [-0.25, -0.2) is 0 Å². The first-order valence-corrected chi connectivity index (χ1v) is 9.58. The van der Waals surface area contributed by atoms with Crippen molar-refractivity contribution in [2.24, 2.45) is 5.92 Å². The lowest BCUT2D eigenvalue weighted by molar-refractivity contribution is -0.140. The van der Waals surface area contributed by atoms with Crippen molar-refractivity contribution in [1.82, 2.24) is 5.32 Å². The lowest BCUT2D eigenvalue weighted by Gasteiger charge is -2.18. The third-order valence-corrected chi connectivity index (χ3v) is 4.70. The van der Waals surface area contributed by atoms with Gasteiger partial charge in [-0.3, -0.25) is 4.79 Å². The van der Waals surface area contributed by atoms with Crippen molar-refractivity contribution in [2.45, 2.75) is 46.4 Å². The van der Waals surface area contributed by atoms with Crippen molar-refractivity contribution in [3.05, 3.63) is 63.6 Å². The number of halogens is 1. The van der Waals surface area contributed by atoms with Gasteiger partial charge in [0.15, 0.2) is 0 Å². The molecule has 0 spiro atoms. The average molecular weight is 420 g/mol. The number of carbonyl (C=O) groups is 1. The molecule has 0 aliphatic rings. The highest BCUT2D eigenvalue weighted by Gasteiger charge is 2.19. The molecule has 0 radical (unpaired) electrons. The third-order valence-electron chi connectivity index (χ3n) is 4.21. The summed E-state index contributed by atoms with van der Waals surface area (Å²) in [6.07, 6.45) is 0.586. The zero-order valence-electron chi connectivity index (χ0n) is 15.5. The van der Waals surface area contributed by atoms with Crippen LogP contribution < -0.4 is 10.1 Å². The molecule has 2 rings (SSSR count). The molecule has 2 aromatic carbocycles. The number of carboxylic acid groups (broad SMARTS) is 1. The molecule has 2 N–H and O–H groups in total. The Labute approximate surface area is 163 Å². The quantitative estimate of drug-likeness (QED) is 0.604. The Morgan fingerprint density at radius 3 is 2.58 bits per heavy atom. The Morgan fingerprint density at radius 2 is 1.92 bits per heavy atom. The maximum atomic E-state index is 11.5. The van der Waals surface area contributed by atoms with E-state index in [2.05, 4.69) is 40.3 Å². The number of benzene rings is 2. The molecular formula is C21H26BrNO3. The molecule has 5 heteroatoms. The second kappa shape index (κ2) is 9.74. The lowest BCUT2D eigenvalue weighted by Crippen LogP contribution is -2.37. The van der Waals surface area contributed by atoms with Crippen LogP contribution in [0, 0.1) is 12.8 Å². The molecule has 4 nitrogen and oxygen atoms in total. The van der Waals surface area contributed by atoms with Crippen LogP contribution >= 0.6 is 15.9 Å². The summed E-state index contributed by atoms with van der Waals surface area (Å²) < 4.78 is 6.96. The van der Waals surface area contributed by atoms with E-state index in [1.165, 1.54) is 5.56 Å². The standard InChI is InChI=1S/C21H26BrNO3/c1-14(2)10-19(21(24)25)23-12-17-11-18(22)8-9-20(17)26-13-16-7-5-4-6-15(16)3/h4-9,11,14,19,23H,10,12-13H2,1-3H3,(H,24,25). The summed E-state index contributed by atoms with van der Waals surface area (Å²) in [4.78, 5) is 11.5. The molecule has 1 atom stereocenters. The van der Waals surface area contributed by atoms with Crippen LogP contribution in [0.3, 0.4) is 0 Å². The Morgan fingerprint density at radius 1 is 1.19 bits per heavy atom. The number of hydrogen-bond acceptors (Lipinski definition) is 3. The van der Waals surface area contributed by atoms with E-state index < -0.39 is 12.0 Å². The fourth-order valence-corrected chi connectivity index (χ4v) is 3.14. The Kier molecular flexibility index (Phi) is 7.66. The van der Waals surface area contributed by atoms with E-state index in [9.17, 15) is 9.90 Å². The maximum absolute atomic E-state index is 11.5. The van der Waals surface area contributed by atoms with Crippen molar-refractivity contribution in [2.75, 3.05) is 0 Å². The van der Waals surface area contributed by atoms with Crippen molar-refractivity contribution < 1.29 is 14.6 Å². The SMILES string of the molecule is Cc1ccccc1COc1ccc(Br)cc1CNC(CC(C)C)C(=O)O. The van der Waals surface area contributed by atoms with Gasteiger partial charge in [-0.2, -0.15) is 0 Å². The minimum absolute atomic E-state index is 0.308. The molecule has 140 valence electrons. The first-order valence-electron chi connectivity index (χ1n) is 8.78. The van der Waals surface area contributed by atoms with Gasteiger partial charge < -0.3 is 15.2 Å². The van der Waals surface area contributed by atoms with Gasteiger partial charge in [0.1, 0.15) is 18.4 Å². The Hall–Kier alpha value is -1.85. The maximum Gasteiger partial charge on any atom is 0.320 e. The molecule has 0 amide bonds. The number of aryl methyl sites for hydroxylation is 1. The molecule has 0 saturated heterocycles. The zero-order valence-corrected chi connectivity index (χ0v) is 17.0. The molecule has 0 bridgehead atoms. The largest absolute Gasteiger partial charge is 0.489 e. The molecule has 0 fully saturated rings. The highest BCUT2D eigenvalue weighted by atomic mass is 79.9. The van der Waals surface area contributed by atoms with Gasteiger partial charge in [0.25, 0.3) is 0 Å². The normalized spacial score (nSPS) is 12.2. The van der Waals surface area contributed by atoms with E-state index in [0.29, 0.717) is 25.5 Å². The van der Waals surface area contributed by atoms with Crippen LogP contribution in [0.1, 0.15) is 37.0 Å². The van der Waals surface area contributed by atoms with E-state index in [1.54, 1.807) is 0 Å². The molecule has 2 aromatic rings. The fraction of sp³-hybridized carbons (Fsp3) is 0.381. The summed E-state index contributed by atoms with van der Waals surface area (Å²) in [7, 11) is 0. The van der Waals surface area contributed by atoms with Gasteiger partial charge >= 0.3 is 5.97 Å². The highest BCUT2D eigenvalue weighted by molar-refractivity contribution is 9.10. The Balaban J connectivity index is 2.09. The van der Waals surface area contributed by atoms with Crippen LogP contribution in [0.15, 0.2) is 46.9 Å². The van der Waals surface area contributed by atoms with E-state index in [0.717, 1.165) is 21.3 Å². The molecule has 0 aromatic heterocycles. The molecular weight excluding hydrogens is 394 g/mol. The molecule has 26 heavy (non-hydrogen) atoms. The van der Waals surface area contributed by atoms with Crippen LogP contribution in [-0.2, 0) is 17.9 Å². The van der Waals surface area contributed by atoms with Gasteiger partial charge in [-0.05, 0) is 48.6 Å². The second-order valence-corrected chi connectivity index (χ2v) is 7.78. The summed E-state index contributed by atoms with van der Waals surface area (Å²) in [5.74, 6) is 0.247. The number of ether oxygens (including phenoxy) is 1. The van der Waals surface area contributed by atoms with E-state index in [1.807, 2.05) is 44.2 Å². The van der Waals surface area contributed by atoms with Crippen LogP contribution in [0.25, 0.3) is 0 Å². The molecule has 0 saturated carbocycles. The van der Waals surface area contributed by atoms with E-state index >= 15 is 0 Å². The number of rotatable bonds is 9. The van der Waals surface area contributed by atoms with Crippen LogP contribution in [0.5, 0.6) is 5.75 Å². The summed E-state index contributed by atoms with van der Waals surface area (Å²) in [5, 5.41) is 12.5. The van der Waals surface area contributed by atoms with Gasteiger partial charge in [-0.15, -0.1) is 0 Å². The van der Waals surface area contributed by atoms with E-state index in [4.69, 9.17) is 4.74 Å².